The summed E-state index contributed by atoms with van der Waals surface area (Å²) >= 11 is 0. The second kappa shape index (κ2) is 7.25. The molecule has 0 saturated carbocycles. The van der Waals surface area contributed by atoms with Crippen LogP contribution >= 0.6 is 0 Å². The van der Waals surface area contributed by atoms with Crippen LogP contribution in [0.4, 0.5) is 4.79 Å². The molecule has 5 heteroatoms. The van der Waals surface area contributed by atoms with E-state index in [1.54, 1.807) is 0 Å². The first kappa shape index (κ1) is 22.0. The van der Waals surface area contributed by atoms with Crippen molar-refractivity contribution in [1.82, 2.24) is 4.90 Å². The summed E-state index contributed by atoms with van der Waals surface area (Å²) in [5.41, 5.74) is 0.168. The molecule has 0 aliphatic carbocycles. The number of benzene rings is 1. The minimum Gasteiger partial charge on any atom is -0.444 e. The third kappa shape index (κ3) is 4.94. The van der Waals surface area contributed by atoms with E-state index in [0.29, 0.717) is 6.54 Å². The highest BCUT2D eigenvalue weighted by Crippen LogP contribution is 2.44. The van der Waals surface area contributed by atoms with Gasteiger partial charge in [-0.1, -0.05) is 51.1 Å². The van der Waals surface area contributed by atoms with Gasteiger partial charge in [0.2, 0.25) is 0 Å². The van der Waals surface area contributed by atoms with Crippen LogP contribution in [0, 0.1) is 0 Å². The van der Waals surface area contributed by atoms with E-state index in [1.807, 2.05) is 43.9 Å². The minimum atomic E-state index is -1.92. The first-order chi connectivity index (χ1) is 12.2. The number of carbonyl (C=O) groups is 1. The van der Waals surface area contributed by atoms with E-state index in [1.165, 1.54) is 0 Å². The van der Waals surface area contributed by atoms with Crippen LogP contribution in [0.1, 0.15) is 60.5 Å². The highest BCUT2D eigenvalue weighted by molar-refractivity contribution is 6.74. The zero-order valence-electron chi connectivity index (χ0n) is 18.6. The first-order valence-electron chi connectivity index (χ1n) is 9.90. The molecule has 27 heavy (non-hydrogen) atoms. The van der Waals surface area contributed by atoms with Gasteiger partial charge in [0.05, 0.1) is 11.6 Å². The molecule has 1 aliphatic heterocycles. The molecule has 1 aromatic rings. The number of ether oxygens (including phenoxy) is 1. The van der Waals surface area contributed by atoms with E-state index in [9.17, 15) is 4.79 Å². The average Bonchev–Trinajstić information content (AvgIpc) is 2.82. The molecule has 0 aromatic heterocycles. The first-order valence-corrected chi connectivity index (χ1v) is 12.8. The summed E-state index contributed by atoms with van der Waals surface area (Å²) in [5, 5.41) is 0.134. The third-order valence-electron chi connectivity index (χ3n) is 5.88. The monoisotopic (exact) mass is 391 g/mol. The van der Waals surface area contributed by atoms with Crippen molar-refractivity contribution < 1.29 is 14.0 Å². The van der Waals surface area contributed by atoms with Crippen molar-refractivity contribution in [2.75, 3.05) is 6.54 Å². The van der Waals surface area contributed by atoms with Crippen molar-refractivity contribution >= 4 is 14.4 Å². The number of likely N-dealkylation sites (tertiary alicyclic amines) is 1. The Hall–Kier alpha value is -1.33. The molecular formula is C22H37NO3Si. The van der Waals surface area contributed by atoms with Gasteiger partial charge in [0.1, 0.15) is 5.60 Å². The molecule has 0 unspecified atom stereocenters. The summed E-state index contributed by atoms with van der Waals surface area (Å²) in [4.78, 5) is 14.9. The molecule has 1 aliphatic rings. The summed E-state index contributed by atoms with van der Waals surface area (Å²) < 4.78 is 12.4. The lowest BCUT2D eigenvalue weighted by Gasteiger charge is -2.38. The van der Waals surface area contributed by atoms with Crippen molar-refractivity contribution in [3.8, 4) is 0 Å². The van der Waals surface area contributed by atoms with Crippen LogP contribution in [0.3, 0.4) is 0 Å². The predicted octanol–water partition coefficient (Wildman–Crippen LogP) is 5.93. The van der Waals surface area contributed by atoms with E-state index in [-0.39, 0.29) is 17.2 Å². The lowest BCUT2D eigenvalue weighted by atomic mass is 9.89. The minimum absolute atomic E-state index is 0.0172. The Bertz CT molecular complexity index is 660. The quantitative estimate of drug-likeness (QED) is 0.599. The van der Waals surface area contributed by atoms with Crippen LogP contribution in [-0.2, 0) is 14.7 Å². The number of rotatable bonds is 3. The van der Waals surface area contributed by atoms with E-state index in [4.69, 9.17) is 9.16 Å². The van der Waals surface area contributed by atoms with E-state index < -0.39 is 19.5 Å². The van der Waals surface area contributed by atoms with Gasteiger partial charge in [-0.2, -0.15) is 0 Å². The largest absolute Gasteiger partial charge is 0.444 e. The van der Waals surface area contributed by atoms with Crippen molar-refractivity contribution in [2.45, 2.75) is 90.3 Å². The molecule has 0 bridgehead atoms. The number of hydrogen-bond acceptors (Lipinski definition) is 3. The fourth-order valence-corrected chi connectivity index (χ4v) is 4.70. The van der Waals surface area contributed by atoms with Crippen LogP contribution in [0.5, 0.6) is 0 Å². The standard InChI is InChI=1S/C22H37NO3Si/c1-20(2,3)25-19(24)23-16-18(26-27(8,9)21(4,5)6)15-22(23,7)17-13-11-10-12-14-17/h10-14,18H,15-16H2,1-9H3/t18-,22-/m0/s1. The van der Waals surface area contributed by atoms with Gasteiger partial charge in [0.15, 0.2) is 8.32 Å². The normalized spacial score (nSPS) is 24.2. The van der Waals surface area contributed by atoms with Crippen molar-refractivity contribution in [2.24, 2.45) is 0 Å². The summed E-state index contributed by atoms with van der Waals surface area (Å²) in [6.07, 6.45) is 0.529. The number of hydrogen-bond donors (Lipinski definition) is 0. The Balaban J connectivity index is 2.33. The Morgan fingerprint density at radius 1 is 1.11 bits per heavy atom. The number of carbonyl (C=O) groups excluding carboxylic acids is 1. The maximum absolute atomic E-state index is 13.0. The van der Waals surface area contributed by atoms with Gasteiger partial charge in [0, 0.05) is 13.0 Å². The van der Waals surface area contributed by atoms with E-state index in [2.05, 4.69) is 52.9 Å². The van der Waals surface area contributed by atoms with Gasteiger partial charge >= 0.3 is 6.09 Å². The Kier molecular flexibility index (Phi) is 5.89. The Labute approximate surface area is 166 Å². The van der Waals surface area contributed by atoms with Crippen LogP contribution in [-0.4, -0.2) is 37.6 Å². The van der Waals surface area contributed by atoms with Gasteiger partial charge in [0.25, 0.3) is 0 Å². The van der Waals surface area contributed by atoms with Crippen molar-refractivity contribution in [3.05, 3.63) is 35.9 Å². The average molecular weight is 392 g/mol. The van der Waals surface area contributed by atoms with Gasteiger partial charge in [-0.3, -0.25) is 4.90 Å². The van der Waals surface area contributed by atoms with Crippen molar-refractivity contribution in [1.29, 1.82) is 0 Å². The van der Waals surface area contributed by atoms with Gasteiger partial charge < -0.3 is 9.16 Å². The summed E-state index contributed by atoms with van der Waals surface area (Å²) in [6, 6.07) is 10.2. The van der Waals surface area contributed by atoms with Crippen molar-refractivity contribution in [3.63, 3.8) is 0 Å². The molecule has 0 radical (unpaired) electrons. The van der Waals surface area contributed by atoms with Crippen LogP contribution in [0.15, 0.2) is 30.3 Å². The maximum Gasteiger partial charge on any atom is 0.411 e. The molecule has 1 saturated heterocycles. The molecule has 1 heterocycles. The number of amides is 1. The lowest BCUT2D eigenvalue weighted by molar-refractivity contribution is 0.00918. The highest BCUT2D eigenvalue weighted by atomic mass is 28.4. The summed E-state index contributed by atoms with van der Waals surface area (Å²) in [6.45, 7) is 19.7. The van der Waals surface area contributed by atoms with E-state index >= 15 is 0 Å². The third-order valence-corrected chi connectivity index (χ3v) is 10.4. The van der Waals surface area contributed by atoms with Crippen LogP contribution in [0.25, 0.3) is 0 Å². The predicted molar refractivity (Wildman–Crippen MR) is 113 cm³/mol. The molecule has 1 amide bonds. The molecule has 152 valence electrons. The highest BCUT2D eigenvalue weighted by Gasteiger charge is 2.50. The second-order valence-corrected chi connectivity index (χ2v) is 15.2. The molecule has 4 nitrogen and oxygen atoms in total. The summed E-state index contributed by atoms with van der Waals surface area (Å²) in [5.74, 6) is 0. The molecule has 2 rings (SSSR count). The molecular weight excluding hydrogens is 354 g/mol. The van der Waals surface area contributed by atoms with Crippen LogP contribution < -0.4 is 0 Å². The SMILES string of the molecule is CC(C)(C)OC(=O)N1C[C@@H](O[Si](C)(C)C(C)(C)C)C[C@@]1(C)c1ccccc1. The molecule has 0 spiro atoms. The zero-order valence-corrected chi connectivity index (χ0v) is 19.6. The Morgan fingerprint density at radius 2 is 1.67 bits per heavy atom. The van der Waals surface area contributed by atoms with Crippen LogP contribution in [0.2, 0.25) is 18.1 Å². The fourth-order valence-electron chi connectivity index (χ4n) is 3.36. The molecule has 2 atom stereocenters. The fraction of sp³-hybridized carbons (Fsp3) is 0.682. The van der Waals surface area contributed by atoms with E-state index in [0.717, 1.165) is 12.0 Å². The smallest absolute Gasteiger partial charge is 0.411 e. The topological polar surface area (TPSA) is 38.8 Å². The van der Waals surface area contributed by atoms with Gasteiger partial charge in [-0.15, -0.1) is 0 Å². The second-order valence-electron chi connectivity index (χ2n) is 10.4. The van der Waals surface area contributed by atoms with Gasteiger partial charge in [-0.05, 0) is 51.4 Å². The molecule has 1 aromatic carbocycles. The number of nitrogens with zero attached hydrogens (tertiary/aromatic N) is 1. The maximum atomic E-state index is 13.0. The van der Waals surface area contributed by atoms with Gasteiger partial charge in [-0.25, -0.2) is 4.79 Å². The Morgan fingerprint density at radius 3 is 2.15 bits per heavy atom. The zero-order chi connectivity index (χ0) is 20.7. The molecule has 0 N–H and O–H groups in total. The molecule has 1 fully saturated rings. The lowest BCUT2D eigenvalue weighted by Crippen LogP contribution is -2.46. The summed E-state index contributed by atoms with van der Waals surface area (Å²) in [7, 11) is -1.92.